The van der Waals surface area contributed by atoms with Crippen LogP contribution in [0.1, 0.15) is 75.7 Å². The Kier molecular flexibility index (Phi) is 20.8. The SMILES string of the molecule is CN[C@@H]1C(C)OC[C@@H]1OP(OCCC#N)N(C(C)C)C(C)C.[C-]#[N+]CCOP(O[C@@H]1C(C)OC[C@@H]1NC)N(C(C)C)C(C)C. The number of rotatable bonds is 18. The molecule has 2 aliphatic heterocycles. The standard InChI is InChI=1S/2C15H30N3O3P/c1-11(2)18(12(3)4)22(20-9-8-16-6)21-15-13(5)19-10-14(15)17-7;1-11(2)18(12(3)4)22(20-9-7-8-16)21-14-10-19-13(5)15(14)17-6/h11-15,17H,8-10H2,1-5,7H3;11-15,17H,7,9-10H2,1-6H3/t2*13?,14-,15+,22?/m00/s1. The summed E-state index contributed by atoms with van der Waals surface area (Å²) >= 11 is 0. The molecule has 2 fully saturated rings. The normalized spacial score (nSPS) is 26.8. The first-order valence-electron chi connectivity index (χ1n) is 15.9. The van der Waals surface area contributed by atoms with Crippen LogP contribution in [-0.4, -0.2) is 117 Å². The summed E-state index contributed by atoms with van der Waals surface area (Å²) in [5, 5.41) is 15.2. The maximum atomic E-state index is 8.73. The molecule has 0 aromatic carbocycles. The van der Waals surface area contributed by atoms with Gasteiger partial charge in [0.2, 0.25) is 6.54 Å². The summed E-state index contributed by atoms with van der Waals surface area (Å²) in [6.45, 7) is 30.5. The molecule has 0 amide bonds. The van der Waals surface area contributed by atoms with Crippen LogP contribution in [-0.2, 0) is 27.6 Å². The largest absolute Gasteiger partial charge is 0.374 e. The Morgan fingerprint density at radius 1 is 0.841 bits per heavy atom. The number of nitriles is 1. The average Bonchev–Trinajstić information content (AvgIpc) is 3.48. The summed E-state index contributed by atoms with van der Waals surface area (Å²) in [5.41, 5.74) is 0. The van der Waals surface area contributed by atoms with Crippen LogP contribution in [0.2, 0.25) is 0 Å². The molecule has 0 aromatic rings. The molecule has 2 aliphatic rings. The fourth-order valence-corrected chi connectivity index (χ4v) is 8.81. The molecule has 4 unspecified atom stereocenters. The first kappa shape index (κ1) is 41.5. The second-order valence-corrected chi connectivity index (χ2v) is 14.9. The van der Waals surface area contributed by atoms with Crippen LogP contribution in [0, 0.1) is 17.9 Å². The van der Waals surface area contributed by atoms with Crippen LogP contribution in [0.3, 0.4) is 0 Å². The van der Waals surface area contributed by atoms with Crippen molar-refractivity contribution in [2.45, 2.75) is 136 Å². The van der Waals surface area contributed by atoms with Gasteiger partial charge in [-0.3, -0.25) is 0 Å². The van der Waals surface area contributed by atoms with Gasteiger partial charge in [0.1, 0.15) is 18.8 Å². The summed E-state index contributed by atoms with van der Waals surface area (Å²) in [6, 6.07) is 3.68. The van der Waals surface area contributed by atoms with Crippen LogP contribution in [0.5, 0.6) is 0 Å². The Hall–Kier alpha value is -0.560. The van der Waals surface area contributed by atoms with Crippen molar-refractivity contribution in [3.8, 4) is 6.07 Å². The van der Waals surface area contributed by atoms with Gasteiger partial charge >= 0.3 is 0 Å². The second-order valence-electron chi connectivity index (χ2n) is 12.1. The molecule has 2 heterocycles. The summed E-state index contributed by atoms with van der Waals surface area (Å²) in [4.78, 5) is 3.36. The van der Waals surface area contributed by atoms with Gasteiger partial charge in [-0.1, -0.05) is 0 Å². The third kappa shape index (κ3) is 13.3. The zero-order valence-electron chi connectivity index (χ0n) is 29.1. The summed E-state index contributed by atoms with van der Waals surface area (Å²) in [5.74, 6) is 0. The zero-order valence-corrected chi connectivity index (χ0v) is 30.9. The van der Waals surface area contributed by atoms with Crippen molar-refractivity contribution in [2.24, 2.45) is 0 Å². The topological polar surface area (TPSA) is 114 Å². The van der Waals surface area contributed by atoms with Crippen molar-refractivity contribution in [1.29, 1.82) is 5.26 Å². The quantitative estimate of drug-likeness (QED) is 0.113. The number of hydrogen-bond acceptors (Lipinski definition) is 11. The minimum absolute atomic E-state index is 0.0341. The van der Waals surface area contributed by atoms with E-state index in [-0.39, 0.29) is 36.5 Å². The molecule has 256 valence electrons. The Balaban J connectivity index is 0.000000440. The van der Waals surface area contributed by atoms with E-state index in [2.05, 4.69) is 86.3 Å². The minimum atomic E-state index is -1.21. The second kappa shape index (κ2) is 22.1. The van der Waals surface area contributed by atoms with E-state index in [0.717, 1.165) is 0 Å². The fraction of sp³-hybridized carbons (Fsp3) is 0.933. The maximum absolute atomic E-state index is 8.73. The van der Waals surface area contributed by atoms with Crippen molar-refractivity contribution < 1.29 is 27.6 Å². The molecule has 44 heavy (non-hydrogen) atoms. The molecular weight excluding hydrogens is 602 g/mol. The van der Waals surface area contributed by atoms with E-state index in [1.54, 1.807) is 0 Å². The molecule has 14 heteroatoms. The van der Waals surface area contributed by atoms with Crippen LogP contribution >= 0.6 is 17.1 Å². The van der Waals surface area contributed by atoms with Gasteiger partial charge in [0, 0.05) is 24.2 Å². The molecule has 0 bridgehead atoms. The van der Waals surface area contributed by atoms with Crippen molar-refractivity contribution in [1.82, 2.24) is 20.0 Å². The molecule has 0 aromatic heterocycles. The summed E-state index contributed by atoms with van der Waals surface area (Å²) in [6.07, 6.45) is 0.460. The van der Waals surface area contributed by atoms with Gasteiger partial charge < -0.3 is 43.0 Å². The number of nitrogens with one attached hydrogen (secondary N) is 2. The summed E-state index contributed by atoms with van der Waals surface area (Å²) < 4.78 is 40.4. The lowest BCUT2D eigenvalue weighted by molar-refractivity contribution is 0.0531. The van der Waals surface area contributed by atoms with E-state index < -0.39 is 17.1 Å². The Labute approximate surface area is 270 Å². The average molecular weight is 663 g/mol. The van der Waals surface area contributed by atoms with Gasteiger partial charge in [-0.25, -0.2) is 15.9 Å². The van der Waals surface area contributed by atoms with Crippen LogP contribution < -0.4 is 10.6 Å². The van der Waals surface area contributed by atoms with Crippen LogP contribution in [0.15, 0.2) is 0 Å². The summed E-state index contributed by atoms with van der Waals surface area (Å²) in [7, 11) is 1.42. The predicted octanol–water partition coefficient (Wildman–Crippen LogP) is 5.31. The molecule has 12 nitrogen and oxygen atoms in total. The molecule has 0 spiro atoms. The first-order chi connectivity index (χ1) is 20.8. The van der Waals surface area contributed by atoms with Crippen LogP contribution in [0.25, 0.3) is 4.85 Å². The highest BCUT2D eigenvalue weighted by Crippen LogP contribution is 2.49. The van der Waals surface area contributed by atoms with E-state index in [0.29, 0.717) is 63.6 Å². The van der Waals surface area contributed by atoms with Crippen LogP contribution in [0.4, 0.5) is 0 Å². The molecular formula is C30H60N6O6P2. The predicted molar refractivity (Wildman–Crippen MR) is 178 cm³/mol. The van der Waals surface area contributed by atoms with E-state index >= 15 is 0 Å². The maximum Gasteiger partial charge on any atom is 0.259 e. The van der Waals surface area contributed by atoms with Crippen molar-refractivity contribution in [2.75, 3.05) is 47.1 Å². The van der Waals surface area contributed by atoms with Crippen molar-refractivity contribution in [3.63, 3.8) is 0 Å². The minimum Gasteiger partial charge on any atom is -0.374 e. The Bertz CT molecular complexity index is 845. The fourth-order valence-electron chi connectivity index (χ4n) is 5.26. The van der Waals surface area contributed by atoms with Crippen molar-refractivity contribution in [3.05, 3.63) is 11.4 Å². The number of hydrogen-bond donors (Lipinski definition) is 2. The highest BCUT2D eigenvalue weighted by Gasteiger charge is 2.40. The van der Waals surface area contributed by atoms with E-state index in [4.69, 9.17) is 39.4 Å². The van der Waals surface area contributed by atoms with Gasteiger partial charge in [0.25, 0.3) is 17.1 Å². The molecule has 0 radical (unpaired) electrons. The molecule has 0 saturated carbocycles. The molecule has 2 saturated heterocycles. The molecule has 2 N–H and O–H groups in total. The Morgan fingerprint density at radius 3 is 1.84 bits per heavy atom. The number of likely N-dealkylation sites (N-methyl/N-ethyl adjacent to an activating group) is 2. The van der Waals surface area contributed by atoms with Gasteiger partial charge in [0.15, 0.2) is 0 Å². The highest BCUT2D eigenvalue weighted by atomic mass is 31.2. The number of ether oxygens (including phenoxy) is 2. The highest BCUT2D eigenvalue weighted by molar-refractivity contribution is 7.44. The third-order valence-corrected chi connectivity index (χ3v) is 11.6. The molecule has 2 rings (SSSR count). The lowest BCUT2D eigenvalue weighted by Gasteiger charge is -2.37. The lowest BCUT2D eigenvalue weighted by Crippen LogP contribution is -2.43. The van der Waals surface area contributed by atoms with Gasteiger partial charge in [-0.2, -0.15) is 5.26 Å². The van der Waals surface area contributed by atoms with E-state index in [9.17, 15) is 0 Å². The first-order valence-corrected chi connectivity index (χ1v) is 18.1. The molecule has 0 aliphatic carbocycles. The lowest BCUT2D eigenvalue weighted by atomic mass is 10.1. The van der Waals surface area contributed by atoms with Crippen molar-refractivity contribution >= 4 is 17.1 Å². The zero-order chi connectivity index (χ0) is 33.4. The monoisotopic (exact) mass is 662 g/mol. The molecule has 8 atom stereocenters. The smallest absolute Gasteiger partial charge is 0.259 e. The van der Waals surface area contributed by atoms with Gasteiger partial charge in [-0.05, 0) is 83.3 Å². The van der Waals surface area contributed by atoms with E-state index in [1.807, 2.05) is 27.9 Å². The Morgan fingerprint density at radius 2 is 1.36 bits per heavy atom. The van der Waals surface area contributed by atoms with Gasteiger partial charge in [0.05, 0.1) is 56.6 Å². The third-order valence-electron chi connectivity index (χ3n) is 7.28. The number of nitrogens with zero attached hydrogens (tertiary/aromatic N) is 4. The van der Waals surface area contributed by atoms with Gasteiger partial charge in [-0.15, -0.1) is 0 Å². The van der Waals surface area contributed by atoms with E-state index in [1.165, 1.54) is 0 Å².